The summed E-state index contributed by atoms with van der Waals surface area (Å²) in [4.78, 5) is 55.2. The molecule has 0 saturated heterocycles. The van der Waals surface area contributed by atoms with Gasteiger partial charge in [0, 0.05) is 5.56 Å². The standard InChI is InChI=1S/C24H14N2O6/c1-31-23(29)13-6-9-15(10-7-13)26-21(27)16-11-8-14(12-18(16)22(26)28)20-25-19-5-3-2-4-17(19)24(30)32-20/h2-12H,1H3. The first-order chi connectivity index (χ1) is 15.5. The largest absolute Gasteiger partial charge is 0.465 e. The Labute approximate surface area is 180 Å². The van der Waals surface area contributed by atoms with Gasteiger partial charge in [0.15, 0.2) is 0 Å². The summed E-state index contributed by atoms with van der Waals surface area (Å²) >= 11 is 0. The summed E-state index contributed by atoms with van der Waals surface area (Å²) in [6.07, 6.45) is 0. The average molecular weight is 426 g/mol. The highest BCUT2D eigenvalue weighted by Crippen LogP contribution is 2.31. The number of esters is 1. The maximum absolute atomic E-state index is 13.0. The summed E-state index contributed by atoms with van der Waals surface area (Å²) in [5.74, 6) is -1.48. The van der Waals surface area contributed by atoms with Gasteiger partial charge in [-0.25, -0.2) is 19.5 Å². The van der Waals surface area contributed by atoms with Crippen LogP contribution < -0.4 is 10.5 Å². The van der Waals surface area contributed by atoms with E-state index in [2.05, 4.69) is 9.72 Å². The SMILES string of the molecule is COC(=O)c1ccc(N2C(=O)c3ccc(-c4nc5ccccc5c(=O)o4)cc3C2=O)cc1. The molecule has 1 aromatic heterocycles. The molecule has 1 aliphatic heterocycles. The molecular weight excluding hydrogens is 412 g/mol. The number of benzene rings is 3. The van der Waals surface area contributed by atoms with Crippen LogP contribution in [0.15, 0.2) is 75.9 Å². The molecule has 0 spiro atoms. The fourth-order valence-corrected chi connectivity index (χ4v) is 3.62. The third-order valence-corrected chi connectivity index (χ3v) is 5.22. The minimum atomic E-state index is -0.541. The van der Waals surface area contributed by atoms with Crippen LogP contribution in [0.2, 0.25) is 0 Å². The summed E-state index contributed by atoms with van der Waals surface area (Å²) in [5, 5.41) is 0.352. The Hall–Kier alpha value is -4.59. The maximum atomic E-state index is 13.0. The van der Waals surface area contributed by atoms with Gasteiger partial charge in [-0.3, -0.25) is 9.59 Å². The zero-order valence-electron chi connectivity index (χ0n) is 16.7. The van der Waals surface area contributed by atoms with Crippen LogP contribution in [0.5, 0.6) is 0 Å². The Morgan fingerprint density at radius 2 is 1.62 bits per heavy atom. The second kappa shape index (κ2) is 7.28. The van der Waals surface area contributed by atoms with E-state index in [0.29, 0.717) is 27.7 Å². The highest BCUT2D eigenvalue weighted by Gasteiger charge is 2.37. The highest BCUT2D eigenvalue weighted by molar-refractivity contribution is 6.34. The van der Waals surface area contributed by atoms with Crippen molar-refractivity contribution in [3.05, 3.63) is 93.8 Å². The van der Waals surface area contributed by atoms with Crippen LogP contribution in [0.4, 0.5) is 5.69 Å². The molecule has 5 rings (SSSR count). The fraction of sp³-hybridized carbons (Fsp3) is 0.0417. The zero-order chi connectivity index (χ0) is 22.4. The monoisotopic (exact) mass is 426 g/mol. The molecule has 0 atom stereocenters. The summed E-state index contributed by atoms with van der Waals surface area (Å²) in [6, 6.07) is 17.3. The first-order valence-corrected chi connectivity index (χ1v) is 9.59. The lowest BCUT2D eigenvalue weighted by Gasteiger charge is -2.14. The van der Waals surface area contributed by atoms with Gasteiger partial charge in [-0.2, -0.15) is 0 Å². The van der Waals surface area contributed by atoms with Crippen LogP contribution in [0.1, 0.15) is 31.1 Å². The second-order valence-corrected chi connectivity index (χ2v) is 7.07. The first-order valence-electron chi connectivity index (χ1n) is 9.59. The number of hydrogen-bond donors (Lipinski definition) is 0. The Morgan fingerprint density at radius 3 is 2.38 bits per heavy atom. The Bertz CT molecular complexity index is 1490. The molecule has 32 heavy (non-hydrogen) atoms. The Morgan fingerprint density at radius 1 is 0.906 bits per heavy atom. The van der Waals surface area contributed by atoms with E-state index in [-0.39, 0.29) is 17.0 Å². The number of aromatic nitrogens is 1. The molecule has 2 heterocycles. The molecule has 0 bridgehead atoms. The van der Waals surface area contributed by atoms with Gasteiger partial charge in [0.2, 0.25) is 5.89 Å². The number of fused-ring (bicyclic) bond motifs is 2. The van der Waals surface area contributed by atoms with E-state index >= 15 is 0 Å². The minimum Gasteiger partial charge on any atom is -0.465 e. The molecule has 4 aromatic rings. The van der Waals surface area contributed by atoms with E-state index in [4.69, 9.17) is 4.42 Å². The van der Waals surface area contributed by atoms with Gasteiger partial charge in [-0.1, -0.05) is 12.1 Å². The lowest BCUT2D eigenvalue weighted by atomic mass is 10.1. The number of anilines is 1. The summed E-state index contributed by atoms with van der Waals surface area (Å²) in [5.41, 5.74) is 1.33. The first kappa shape index (κ1) is 19.4. The lowest BCUT2D eigenvalue weighted by Crippen LogP contribution is -2.29. The van der Waals surface area contributed by atoms with Crippen LogP contribution in [0.3, 0.4) is 0 Å². The predicted octanol–water partition coefficient (Wildman–Crippen LogP) is 3.44. The minimum absolute atomic E-state index is 0.0534. The second-order valence-electron chi connectivity index (χ2n) is 7.07. The molecule has 0 saturated carbocycles. The number of carbonyl (C=O) groups is 3. The van der Waals surface area contributed by atoms with Gasteiger partial charge in [0.25, 0.3) is 11.8 Å². The number of nitrogens with zero attached hydrogens (tertiary/aromatic N) is 2. The molecule has 8 heteroatoms. The van der Waals surface area contributed by atoms with Gasteiger partial charge in [0.05, 0.1) is 40.4 Å². The normalized spacial score (nSPS) is 12.8. The van der Waals surface area contributed by atoms with E-state index in [9.17, 15) is 19.2 Å². The number of ether oxygens (including phenoxy) is 1. The van der Waals surface area contributed by atoms with Crippen molar-refractivity contribution in [2.75, 3.05) is 12.0 Å². The number of imide groups is 1. The molecule has 0 N–H and O–H groups in total. The number of rotatable bonds is 3. The summed E-state index contributed by atoms with van der Waals surface area (Å²) in [6.45, 7) is 0. The van der Waals surface area contributed by atoms with Crippen LogP contribution in [-0.2, 0) is 4.74 Å². The van der Waals surface area contributed by atoms with Crippen LogP contribution in [0, 0.1) is 0 Å². The number of hydrogen-bond acceptors (Lipinski definition) is 7. The van der Waals surface area contributed by atoms with E-state index in [1.54, 1.807) is 30.3 Å². The average Bonchev–Trinajstić information content (AvgIpc) is 3.08. The topological polar surface area (TPSA) is 107 Å². The highest BCUT2D eigenvalue weighted by atomic mass is 16.5. The number of carbonyl (C=O) groups excluding carboxylic acids is 3. The molecule has 0 aliphatic carbocycles. The fourth-order valence-electron chi connectivity index (χ4n) is 3.62. The van der Waals surface area contributed by atoms with Crippen molar-refractivity contribution in [2.24, 2.45) is 0 Å². The van der Waals surface area contributed by atoms with E-state index in [1.807, 2.05) is 0 Å². The third-order valence-electron chi connectivity index (χ3n) is 5.22. The predicted molar refractivity (Wildman–Crippen MR) is 115 cm³/mol. The molecule has 0 radical (unpaired) electrons. The van der Waals surface area contributed by atoms with Crippen molar-refractivity contribution < 1.29 is 23.5 Å². The molecule has 3 aromatic carbocycles. The van der Waals surface area contributed by atoms with Crippen LogP contribution in [0.25, 0.3) is 22.4 Å². The van der Waals surface area contributed by atoms with Gasteiger partial charge in [-0.05, 0) is 54.6 Å². The quantitative estimate of drug-likeness (QED) is 0.365. The molecule has 0 fully saturated rings. The van der Waals surface area contributed by atoms with Crippen molar-refractivity contribution in [3.8, 4) is 11.5 Å². The zero-order valence-corrected chi connectivity index (χ0v) is 16.7. The summed E-state index contributed by atoms with van der Waals surface area (Å²) < 4.78 is 10.00. The Kier molecular flexibility index (Phi) is 4.41. The number of amides is 2. The maximum Gasteiger partial charge on any atom is 0.347 e. The Balaban J connectivity index is 1.53. The van der Waals surface area contributed by atoms with Gasteiger partial charge >= 0.3 is 11.6 Å². The van der Waals surface area contributed by atoms with E-state index in [1.165, 1.54) is 43.5 Å². The summed E-state index contributed by atoms with van der Waals surface area (Å²) in [7, 11) is 1.27. The molecule has 0 unspecified atom stereocenters. The van der Waals surface area contributed by atoms with Crippen LogP contribution >= 0.6 is 0 Å². The van der Waals surface area contributed by atoms with Gasteiger partial charge < -0.3 is 9.15 Å². The van der Waals surface area contributed by atoms with Crippen molar-refractivity contribution in [3.63, 3.8) is 0 Å². The van der Waals surface area contributed by atoms with Gasteiger partial charge in [0.1, 0.15) is 0 Å². The van der Waals surface area contributed by atoms with Crippen molar-refractivity contribution >= 4 is 34.4 Å². The lowest BCUT2D eigenvalue weighted by molar-refractivity contribution is 0.0600. The van der Waals surface area contributed by atoms with Crippen molar-refractivity contribution in [1.29, 1.82) is 0 Å². The number of para-hydroxylation sites is 1. The van der Waals surface area contributed by atoms with E-state index < -0.39 is 23.4 Å². The third kappa shape index (κ3) is 2.97. The molecule has 156 valence electrons. The number of methoxy groups -OCH3 is 1. The molecular formula is C24H14N2O6. The molecule has 2 amide bonds. The van der Waals surface area contributed by atoms with Gasteiger partial charge in [-0.15, -0.1) is 0 Å². The smallest absolute Gasteiger partial charge is 0.347 e. The van der Waals surface area contributed by atoms with Crippen molar-refractivity contribution in [2.45, 2.75) is 0 Å². The molecule has 8 nitrogen and oxygen atoms in total. The van der Waals surface area contributed by atoms with E-state index in [0.717, 1.165) is 4.90 Å². The molecule has 1 aliphatic rings. The van der Waals surface area contributed by atoms with Crippen molar-refractivity contribution in [1.82, 2.24) is 4.98 Å². The van der Waals surface area contributed by atoms with Crippen LogP contribution in [-0.4, -0.2) is 29.9 Å².